The van der Waals surface area contributed by atoms with Gasteiger partial charge in [-0.3, -0.25) is 0 Å². The van der Waals surface area contributed by atoms with E-state index in [1.807, 2.05) is 59.6 Å². The Kier molecular flexibility index (Phi) is 6.34. The first-order valence-electron chi connectivity index (χ1n) is 11.4. The Labute approximate surface area is 203 Å². The lowest BCUT2D eigenvalue weighted by Gasteiger charge is -2.36. The number of hydrogen-bond acceptors (Lipinski definition) is 7. The summed E-state index contributed by atoms with van der Waals surface area (Å²) in [6.45, 7) is 2.89. The normalized spacial score (nSPS) is 13.7. The minimum Gasteiger partial charge on any atom is -0.497 e. The zero-order valence-corrected chi connectivity index (χ0v) is 19.7. The summed E-state index contributed by atoms with van der Waals surface area (Å²) in [6.07, 6.45) is 3.33. The molecule has 0 spiro atoms. The van der Waals surface area contributed by atoms with Crippen molar-refractivity contribution in [3.8, 4) is 22.6 Å². The maximum atomic E-state index is 12.8. The molecule has 2 aromatic heterocycles. The third-order valence-corrected chi connectivity index (χ3v) is 6.17. The first-order valence-corrected chi connectivity index (χ1v) is 11.4. The minimum absolute atomic E-state index is 0.0911. The molecule has 1 aliphatic heterocycles. The number of methoxy groups -OCH3 is 2. The quantitative estimate of drug-likeness (QED) is 0.460. The summed E-state index contributed by atoms with van der Waals surface area (Å²) in [5, 5.41) is 7.43. The second kappa shape index (κ2) is 9.88. The van der Waals surface area contributed by atoms with Crippen molar-refractivity contribution in [2.45, 2.75) is 6.54 Å². The summed E-state index contributed by atoms with van der Waals surface area (Å²) in [6, 6.07) is 15.4. The van der Waals surface area contributed by atoms with Crippen LogP contribution in [0.4, 0.5) is 10.6 Å². The molecule has 2 aromatic carbocycles. The fourth-order valence-corrected chi connectivity index (χ4v) is 4.30. The number of nitrogens with zero attached hydrogens (tertiary/aromatic N) is 6. The van der Waals surface area contributed by atoms with Crippen LogP contribution < -0.4 is 19.7 Å². The number of piperazine rings is 1. The molecular weight excluding hydrogens is 446 g/mol. The van der Waals surface area contributed by atoms with Gasteiger partial charge in [-0.25, -0.2) is 9.78 Å². The summed E-state index contributed by atoms with van der Waals surface area (Å²) in [7, 11) is 3.28. The van der Waals surface area contributed by atoms with Crippen molar-refractivity contribution in [2.24, 2.45) is 0 Å². The second-order valence-electron chi connectivity index (χ2n) is 8.14. The number of fused-ring (bicyclic) bond motifs is 1. The van der Waals surface area contributed by atoms with E-state index >= 15 is 0 Å². The van der Waals surface area contributed by atoms with Gasteiger partial charge in [0.2, 0.25) is 0 Å². The highest BCUT2D eigenvalue weighted by molar-refractivity contribution is 5.78. The molecule has 1 fully saturated rings. The number of benzene rings is 2. The molecule has 35 heavy (non-hydrogen) atoms. The first kappa shape index (κ1) is 22.5. The van der Waals surface area contributed by atoms with Crippen molar-refractivity contribution >= 4 is 17.6 Å². The number of nitrogens with one attached hydrogen (secondary N) is 1. The van der Waals surface area contributed by atoms with Gasteiger partial charge in [0.1, 0.15) is 23.6 Å². The molecule has 0 atom stereocenters. The van der Waals surface area contributed by atoms with Crippen molar-refractivity contribution in [1.82, 2.24) is 29.8 Å². The van der Waals surface area contributed by atoms with E-state index in [4.69, 9.17) is 9.47 Å². The average Bonchev–Trinajstić information content (AvgIpc) is 3.40. The molecule has 1 aliphatic rings. The van der Waals surface area contributed by atoms with Gasteiger partial charge < -0.3 is 24.6 Å². The molecule has 2 amide bonds. The number of rotatable bonds is 6. The molecule has 10 nitrogen and oxygen atoms in total. The molecule has 0 unspecified atom stereocenters. The van der Waals surface area contributed by atoms with Gasteiger partial charge >= 0.3 is 6.03 Å². The van der Waals surface area contributed by atoms with Crippen LogP contribution in [0.1, 0.15) is 5.56 Å². The SMILES string of the molecule is COc1ccc(-c2cnc3ncnn3c2N2CCN(C(=O)NCc3ccccc3OC)CC2)cc1. The fraction of sp³-hybridized carbons (Fsp3) is 0.280. The fourth-order valence-electron chi connectivity index (χ4n) is 4.30. The molecule has 0 bridgehead atoms. The van der Waals surface area contributed by atoms with E-state index < -0.39 is 0 Å². The van der Waals surface area contributed by atoms with Gasteiger partial charge in [-0.1, -0.05) is 30.3 Å². The molecule has 0 radical (unpaired) electrons. The Morgan fingerprint density at radius 2 is 1.74 bits per heavy atom. The number of carbonyl (C=O) groups excluding carboxylic acids is 1. The largest absolute Gasteiger partial charge is 0.497 e. The van der Waals surface area contributed by atoms with E-state index in [-0.39, 0.29) is 6.03 Å². The van der Waals surface area contributed by atoms with Gasteiger partial charge in [0.05, 0.1) is 14.2 Å². The van der Waals surface area contributed by atoms with Gasteiger partial charge in [-0.05, 0) is 23.8 Å². The standard InChI is InChI=1S/C25H27N7O3/c1-34-20-9-7-18(8-10-20)21-16-26-24-28-17-29-32(24)23(21)30-11-13-31(14-12-30)25(33)27-15-19-5-3-4-6-22(19)35-2/h3-10,16-17H,11-15H2,1-2H3,(H,27,33). The summed E-state index contributed by atoms with van der Waals surface area (Å²) in [5.74, 6) is 3.00. The van der Waals surface area contributed by atoms with Crippen LogP contribution in [0.3, 0.4) is 0 Å². The molecule has 10 heteroatoms. The third-order valence-electron chi connectivity index (χ3n) is 6.17. The predicted octanol–water partition coefficient (Wildman–Crippen LogP) is 2.84. The number of amides is 2. The summed E-state index contributed by atoms with van der Waals surface area (Å²) in [5.41, 5.74) is 2.89. The molecule has 0 aliphatic carbocycles. The number of hydrogen-bond donors (Lipinski definition) is 1. The van der Waals surface area contributed by atoms with Crippen LogP contribution >= 0.6 is 0 Å². The summed E-state index contributed by atoms with van der Waals surface area (Å²) >= 11 is 0. The van der Waals surface area contributed by atoms with Gasteiger partial charge in [0, 0.05) is 50.0 Å². The van der Waals surface area contributed by atoms with Crippen LogP contribution in [0.2, 0.25) is 0 Å². The number of anilines is 1. The van der Waals surface area contributed by atoms with Crippen molar-refractivity contribution in [2.75, 3.05) is 45.3 Å². The number of aromatic nitrogens is 4. The molecule has 1 saturated heterocycles. The summed E-state index contributed by atoms with van der Waals surface area (Å²) in [4.78, 5) is 25.6. The zero-order chi connectivity index (χ0) is 24.2. The molecule has 0 saturated carbocycles. The lowest BCUT2D eigenvalue weighted by Crippen LogP contribution is -2.52. The highest BCUT2D eigenvalue weighted by atomic mass is 16.5. The number of carbonyl (C=O) groups is 1. The average molecular weight is 474 g/mol. The van der Waals surface area contributed by atoms with E-state index in [2.05, 4.69) is 25.3 Å². The van der Waals surface area contributed by atoms with E-state index in [9.17, 15) is 4.79 Å². The first-order chi connectivity index (χ1) is 17.2. The third kappa shape index (κ3) is 4.54. The van der Waals surface area contributed by atoms with Crippen LogP contribution in [0.5, 0.6) is 11.5 Å². The lowest BCUT2D eigenvalue weighted by atomic mass is 10.1. The Bertz CT molecular complexity index is 1310. The molecular formula is C25H27N7O3. The molecule has 180 valence electrons. The Morgan fingerprint density at radius 3 is 2.49 bits per heavy atom. The number of ether oxygens (including phenoxy) is 2. The van der Waals surface area contributed by atoms with E-state index in [1.54, 1.807) is 18.7 Å². The molecule has 4 aromatic rings. The van der Waals surface area contributed by atoms with E-state index in [0.29, 0.717) is 38.5 Å². The lowest BCUT2D eigenvalue weighted by molar-refractivity contribution is 0.193. The van der Waals surface area contributed by atoms with Crippen LogP contribution in [0.15, 0.2) is 61.1 Å². The maximum Gasteiger partial charge on any atom is 0.317 e. The van der Waals surface area contributed by atoms with Gasteiger partial charge in [-0.2, -0.15) is 14.6 Å². The molecule has 1 N–H and O–H groups in total. The topological polar surface area (TPSA) is 97.1 Å². The van der Waals surface area contributed by atoms with Gasteiger partial charge in [0.25, 0.3) is 5.78 Å². The van der Waals surface area contributed by atoms with Crippen LogP contribution in [0.25, 0.3) is 16.9 Å². The van der Waals surface area contributed by atoms with Crippen molar-refractivity contribution < 1.29 is 14.3 Å². The number of urea groups is 1. The van der Waals surface area contributed by atoms with Crippen LogP contribution in [-0.4, -0.2) is 70.9 Å². The Morgan fingerprint density at radius 1 is 0.971 bits per heavy atom. The Hall–Kier alpha value is -4.34. The smallest absolute Gasteiger partial charge is 0.317 e. The zero-order valence-electron chi connectivity index (χ0n) is 19.7. The highest BCUT2D eigenvalue weighted by Gasteiger charge is 2.25. The van der Waals surface area contributed by atoms with Crippen molar-refractivity contribution in [3.63, 3.8) is 0 Å². The van der Waals surface area contributed by atoms with Crippen molar-refractivity contribution in [1.29, 1.82) is 0 Å². The van der Waals surface area contributed by atoms with E-state index in [1.165, 1.54) is 6.33 Å². The maximum absolute atomic E-state index is 12.8. The molecule has 5 rings (SSSR count). The summed E-state index contributed by atoms with van der Waals surface area (Å²) < 4.78 is 12.4. The number of para-hydroxylation sites is 1. The monoisotopic (exact) mass is 473 g/mol. The van der Waals surface area contributed by atoms with Crippen LogP contribution in [0, 0.1) is 0 Å². The second-order valence-corrected chi connectivity index (χ2v) is 8.14. The molecule has 3 heterocycles. The van der Waals surface area contributed by atoms with Crippen LogP contribution in [-0.2, 0) is 6.54 Å². The minimum atomic E-state index is -0.0911. The predicted molar refractivity (Wildman–Crippen MR) is 132 cm³/mol. The Balaban J connectivity index is 1.31. The van der Waals surface area contributed by atoms with Gasteiger partial charge in [-0.15, -0.1) is 0 Å². The van der Waals surface area contributed by atoms with Crippen molar-refractivity contribution in [3.05, 3.63) is 66.6 Å². The van der Waals surface area contributed by atoms with Gasteiger partial charge in [0.15, 0.2) is 0 Å². The highest BCUT2D eigenvalue weighted by Crippen LogP contribution is 2.32. The van der Waals surface area contributed by atoms with E-state index in [0.717, 1.165) is 34.0 Å².